The fourth-order valence-corrected chi connectivity index (χ4v) is 3.02. The molecule has 0 saturated carbocycles. The van der Waals surface area contributed by atoms with Gasteiger partial charge in [-0.25, -0.2) is 4.39 Å². The zero-order chi connectivity index (χ0) is 20.5. The van der Waals surface area contributed by atoms with Gasteiger partial charge in [0, 0.05) is 24.5 Å². The number of nitrogens with zero attached hydrogens (tertiary/aromatic N) is 1. The fourth-order valence-electron chi connectivity index (χ4n) is 2.84. The summed E-state index contributed by atoms with van der Waals surface area (Å²) < 4.78 is 14.8. The second-order valence-electron chi connectivity index (χ2n) is 6.53. The van der Waals surface area contributed by atoms with E-state index in [9.17, 15) is 18.8 Å². The third-order valence-corrected chi connectivity index (χ3v) is 4.47. The number of nitrogens with one attached hydrogen (secondary N) is 2. The zero-order valence-electron chi connectivity index (χ0n) is 15.7. The predicted molar refractivity (Wildman–Crippen MR) is 102 cm³/mol. The molecule has 144 valence electrons. The van der Waals surface area contributed by atoms with Gasteiger partial charge in [-0.1, -0.05) is 11.6 Å². The lowest BCUT2D eigenvalue weighted by molar-refractivity contribution is -0.117. The molecule has 0 unspecified atom stereocenters. The summed E-state index contributed by atoms with van der Waals surface area (Å²) in [6.45, 7) is 6.79. The highest BCUT2D eigenvalue weighted by atomic mass is 35.5. The van der Waals surface area contributed by atoms with Crippen molar-refractivity contribution < 1.29 is 18.8 Å². The molecule has 0 aliphatic carbocycles. The molecule has 1 heterocycles. The van der Waals surface area contributed by atoms with E-state index in [4.69, 9.17) is 11.6 Å². The third-order valence-electron chi connectivity index (χ3n) is 4.18. The van der Waals surface area contributed by atoms with Crippen LogP contribution in [-0.4, -0.2) is 28.2 Å². The maximum Gasteiger partial charge on any atom is 0.294 e. The predicted octanol–water partition coefficient (Wildman–Crippen LogP) is 3.39. The molecule has 0 saturated heterocycles. The van der Waals surface area contributed by atoms with Crippen molar-refractivity contribution in [1.29, 1.82) is 0 Å². The van der Waals surface area contributed by atoms with E-state index in [2.05, 4.69) is 10.6 Å². The second kappa shape index (κ2) is 7.92. The number of hydrogen-bond acceptors (Lipinski definition) is 3. The molecule has 2 N–H and O–H groups in total. The number of carbonyl (C=O) groups excluding carboxylic acids is 3. The van der Waals surface area contributed by atoms with E-state index in [1.54, 1.807) is 34.7 Å². The van der Waals surface area contributed by atoms with Crippen LogP contribution in [0.15, 0.2) is 18.2 Å². The maximum absolute atomic E-state index is 13.3. The summed E-state index contributed by atoms with van der Waals surface area (Å²) in [5.41, 5.74) is 1.66. The molecule has 0 fully saturated rings. The van der Waals surface area contributed by atoms with Crippen LogP contribution in [0.4, 0.5) is 10.1 Å². The Hall–Kier alpha value is -2.67. The first-order chi connectivity index (χ1) is 12.5. The molecule has 0 bridgehead atoms. The van der Waals surface area contributed by atoms with E-state index in [1.165, 1.54) is 16.7 Å². The van der Waals surface area contributed by atoms with Gasteiger partial charge in [0.25, 0.3) is 17.6 Å². The normalized spacial score (nSPS) is 10.8. The molecule has 0 aliphatic rings. The fraction of sp³-hybridized carbons (Fsp3) is 0.316. The zero-order valence-corrected chi connectivity index (χ0v) is 16.5. The highest BCUT2D eigenvalue weighted by Gasteiger charge is 2.28. The minimum atomic E-state index is -0.731. The van der Waals surface area contributed by atoms with Crippen molar-refractivity contribution in [1.82, 2.24) is 9.88 Å². The highest BCUT2D eigenvalue weighted by molar-refractivity contribution is 6.43. The topological polar surface area (TPSA) is 80.2 Å². The standard InChI is InChI=1S/C19H21ClFN3O3/c1-9(2)22-19(27)17(25)16-10(3)15(11(4)24(16)5)18(26)23-12-6-7-14(21)13(20)8-12/h6-9H,1-5H3,(H,22,27)(H,23,26). The first-order valence-electron chi connectivity index (χ1n) is 8.32. The lowest BCUT2D eigenvalue weighted by atomic mass is 10.1. The van der Waals surface area contributed by atoms with Crippen LogP contribution in [0.1, 0.15) is 46.0 Å². The first kappa shape index (κ1) is 20.6. The van der Waals surface area contributed by atoms with Gasteiger partial charge in [0.05, 0.1) is 16.3 Å². The van der Waals surface area contributed by atoms with Gasteiger partial charge >= 0.3 is 0 Å². The molecule has 0 atom stereocenters. The number of ketones is 1. The van der Waals surface area contributed by atoms with E-state index in [0.29, 0.717) is 16.9 Å². The number of anilines is 1. The van der Waals surface area contributed by atoms with Gasteiger partial charge in [-0.3, -0.25) is 14.4 Å². The number of aromatic nitrogens is 1. The maximum atomic E-state index is 13.3. The molecule has 0 radical (unpaired) electrons. The van der Waals surface area contributed by atoms with Gasteiger partial charge < -0.3 is 15.2 Å². The van der Waals surface area contributed by atoms with E-state index in [1.807, 2.05) is 0 Å². The average molecular weight is 394 g/mol. The Morgan fingerprint density at radius 3 is 2.37 bits per heavy atom. The summed E-state index contributed by atoms with van der Waals surface area (Å²) in [6.07, 6.45) is 0. The number of hydrogen-bond donors (Lipinski definition) is 2. The molecule has 0 aliphatic heterocycles. The molecular weight excluding hydrogens is 373 g/mol. The lowest BCUT2D eigenvalue weighted by Gasteiger charge is -2.09. The Kier molecular flexibility index (Phi) is 6.05. The molecule has 2 rings (SSSR count). The van der Waals surface area contributed by atoms with Gasteiger partial charge in [-0.2, -0.15) is 0 Å². The Morgan fingerprint density at radius 1 is 1.19 bits per heavy atom. The number of halogens is 2. The van der Waals surface area contributed by atoms with Crippen LogP contribution in [0.3, 0.4) is 0 Å². The van der Waals surface area contributed by atoms with E-state index >= 15 is 0 Å². The average Bonchev–Trinajstić information content (AvgIpc) is 2.79. The number of benzene rings is 1. The summed E-state index contributed by atoms with van der Waals surface area (Å²) in [5.74, 6) is -2.51. The van der Waals surface area contributed by atoms with Crippen LogP contribution >= 0.6 is 11.6 Å². The van der Waals surface area contributed by atoms with Gasteiger partial charge in [-0.15, -0.1) is 0 Å². The Balaban J connectivity index is 2.38. The molecule has 27 heavy (non-hydrogen) atoms. The minimum Gasteiger partial charge on any atom is -0.347 e. The number of amides is 2. The minimum absolute atomic E-state index is 0.115. The molecule has 2 aromatic rings. The largest absolute Gasteiger partial charge is 0.347 e. The van der Waals surface area contributed by atoms with Crippen molar-refractivity contribution in [2.24, 2.45) is 7.05 Å². The monoisotopic (exact) mass is 393 g/mol. The lowest BCUT2D eigenvalue weighted by Crippen LogP contribution is -2.37. The van der Waals surface area contributed by atoms with Crippen LogP contribution in [0.25, 0.3) is 0 Å². The Bertz CT molecular complexity index is 935. The molecular formula is C19H21ClFN3O3. The summed E-state index contributed by atoms with van der Waals surface area (Å²) in [5, 5.41) is 5.07. The molecule has 2 amide bonds. The SMILES string of the molecule is Cc1c(C(=O)Nc2ccc(F)c(Cl)c2)c(C)n(C)c1C(=O)C(=O)NC(C)C. The van der Waals surface area contributed by atoms with Crippen LogP contribution in [0.5, 0.6) is 0 Å². The molecule has 8 heteroatoms. The van der Waals surface area contributed by atoms with Gasteiger partial charge in [0.2, 0.25) is 0 Å². The van der Waals surface area contributed by atoms with Crippen molar-refractivity contribution in [3.8, 4) is 0 Å². The highest BCUT2D eigenvalue weighted by Crippen LogP contribution is 2.24. The van der Waals surface area contributed by atoms with Gasteiger partial charge in [0.1, 0.15) is 5.82 Å². The first-order valence-corrected chi connectivity index (χ1v) is 8.69. The van der Waals surface area contributed by atoms with Gasteiger partial charge in [-0.05, 0) is 51.5 Å². The van der Waals surface area contributed by atoms with E-state index in [-0.39, 0.29) is 22.3 Å². The summed E-state index contributed by atoms with van der Waals surface area (Å²) in [6, 6.07) is 3.64. The van der Waals surface area contributed by atoms with Gasteiger partial charge in [0.15, 0.2) is 0 Å². The van der Waals surface area contributed by atoms with Crippen molar-refractivity contribution in [3.63, 3.8) is 0 Å². The van der Waals surface area contributed by atoms with Crippen LogP contribution in [-0.2, 0) is 11.8 Å². The van der Waals surface area contributed by atoms with Crippen LogP contribution < -0.4 is 10.6 Å². The second-order valence-corrected chi connectivity index (χ2v) is 6.94. The molecule has 6 nitrogen and oxygen atoms in total. The van der Waals surface area contributed by atoms with E-state index < -0.39 is 23.4 Å². The number of Topliss-reactive ketones (excluding diaryl/α,β-unsaturated/α-hetero) is 1. The smallest absolute Gasteiger partial charge is 0.294 e. The van der Waals surface area contributed by atoms with Crippen molar-refractivity contribution in [3.05, 3.63) is 51.6 Å². The van der Waals surface area contributed by atoms with Crippen molar-refractivity contribution >= 4 is 34.9 Å². The number of rotatable bonds is 5. The summed E-state index contributed by atoms with van der Waals surface area (Å²) in [4.78, 5) is 37.3. The third kappa shape index (κ3) is 4.19. The summed E-state index contributed by atoms with van der Waals surface area (Å²) >= 11 is 5.73. The number of carbonyl (C=O) groups is 3. The Morgan fingerprint density at radius 2 is 1.81 bits per heavy atom. The van der Waals surface area contributed by atoms with Crippen LogP contribution in [0, 0.1) is 19.7 Å². The van der Waals surface area contributed by atoms with Crippen LogP contribution in [0.2, 0.25) is 5.02 Å². The molecule has 1 aromatic heterocycles. The summed E-state index contributed by atoms with van der Waals surface area (Å²) in [7, 11) is 1.61. The van der Waals surface area contributed by atoms with Crippen molar-refractivity contribution in [2.75, 3.05) is 5.32 Å². The molecule has 0 spiro atoms. The quantitative estimate of drug-likeness (QED) is 0.603. The Labute approximate surface area is 161 Å². The van der Waals surface area contributed by atoms with E-state index in [0.717, 1.165) is 6.07 Å². The molecule has 1 aromatic carbocycles. The van der Waals surface area contributed by atoms with Crippen molar-refractivity contribution in [2.45, 2.75) is 33.7 Å².